The number of aromatic nitrogens is 3. The van der Waals surface area contributed by atoms with Crippen molar-refractivity contribution in [1.82, 2.24) is 14.4 Å². The molecule has 0 aliphatic carbocycles. The fourth-order valence-corrected chi connectivity index (χ4v) is 2.71. The molecule has 0 spiro atoms. The van der Waals surface area contributed by atoms with E-state index in [-0.39, 0.29) is 5.91 Å². The summed E-state index contributed by atoms with van der Waals surface area (Å²) in [6, 6.07) is 18.1. The van der Waals surface area contributed by atoms with Crippen molar-refractivity contribution >= 4 is 29.1 Å². The number of halogens is 1. The second-order valence-electron chi connectivity index (χ2n) is 5.43. The number of carbonyl (C=O) groups excluding carboxylic acids is 1. The van der Waals surface area contributed by atoms with Crippen LogP contribution in [0.25, 0.3) is 17.0 Å². The van der Waals surface area contributed by atoms with Crippen LogP contribution in [0.5, 0.6) is 0 Å². The lowest BCUT2D eigenvalue weighted by atomic mass is 10.1. The molecular weight excluding hydrogens is 336 g/mol. The maximum Gasteiger partial charge on any atom is 0.256 e. The van der Waals surface area contributed by atoms with Gasteiger partial charge in [-0.25, -0.2) is 9.97 Å². The van der Waals surface area contributed by atoms with Gasteiger partial charge < -0.3 is 5.32 Å². The molecule has 0 aliphatic rings. The summed E-state index contributed by atoms with van der Waals surface area (Å²) < 4.78 is 1.75. The summed E-state index contributed by atoms with van der Waals surface area (Å²) in [6.07, 6.45) is 3.48. The van der Waals surface area contributed by atoms with Gasteiger partial charge in [-0.1, -0.05) is 41.9 Å². The SMILES string of the molecule is O=C(Nc1c(-c2ccc(Cl)cc2)nc2ncccn12)c1ccccc1. The summed E-state index contributed by atoms with van der Waals surface area (Å²) >= 11 is 5.97. The Labute approximate surface area is 148 Å². The summed E-state index contributed by atoms with van der Waals surface area (Å²) in [4.78, 5) is 21.4. The molecule has 0 bridgehead atoms. The fourth-order valence-electron chi connectivity index (χ4n) is 2.59. The van der Waals surface area contributed by atoms with E-state index in [1.165, 1.54) is 0 Å². The predicted molar refractivity (Wildman–Crippen MR) is 97.8 cm³/mol. The van der Waals surface area contributed by atoms with Gasteiger partial charge in [-0.3, -0.25) is 9.20 Å². The van der Waals surface area contributed by atoms with Crippen LogP contribution < -0.4 is 5.32 Å². The Morgan fingerprint density at radius 3 is 2.52 bits per heavy atom. The topological polar surface area (TPSA) is 59.3 Å². The summed E-state index contributed by atoms with van der Waals surface area (Å²) in [5, 5.41) is 3.59. The molecule has 0 aliphatic heterocycles. The molecular formula is C19H13ClN4O. The zero-order chi connectivity index (χ0) is 17.2. The smallest absolute Gasteiger partial charge is 0.256 e. The minimum absolute atomic E-state index is 0.207. The first-order valence-electron chi connectivity index (χ1n) is 7.68. The van der Waals surface area contributed by atoms with E-state index >= 15 is 0 Å². The highest BCUT2D eigenvalue weighted by atomic mass is 35.5. The van der Waals surface area contributed by atoms with Gasteiger partial charge in [-0.05, 0) is 30.3 Å². The monoisotopic (exact) mass is 348 g/mol. The van der Waals surface area contributed by atoms with Crippen LogP contribution in [0, 0.1) is 0 Å². The molecule has 4 aromatic rings. The molecule has 1 N–H and O–H groups in total. The zero-order valence-corrected chi connectivity index (χ0v) is 13.8. The number of imidazole rings is 1. The number of amides is 1. The van der Waals surface area contributed by atoms with Crippen LogP contribution >= 0.6 is 11.6 Å². The molecule has 0 saturated carbocycles. The van der Waals surface area contributed by atoms with Gasteiger partial charge in [0, 0.05) is 28.5 Å². The molecule has 4 rings (SSSR count). The molecule has 25 heavy (non-hydrogen) atoms. The van der Waals surface area contributed by atoms with Gasteiger partial charge in [0.1, 0.15) is 11.5 Å². The van der Waals surface area contributed by atoms with Crippen molar-refractivity contribution in [3.8, 4) is 11.3 Å². The van der Waals surface area contributed by atoms with Crippen LogP contribution in [-0.2, 0) is 0 Å². The van der Waals surface area contributed by atoms with Gasteiger partial charge in [-0.2, -0.15) is 0 Å². The number of hydrogen-bond donors (Lipinski definition) is 1. The minimum Gasteiger partial charge on any atom is -0.306 e. The van der Waals surface area contributed by atoms with E-state index in [4.69, 9.17) is 11.6 Å². The summed E-state index contributed by atoms with van der Waals surface area (Å²) in [7, 11) is 0. The van der Waals surface area contributed by atoms with Crippen LogP contribution in [0.2, 0.25) is 5.02 Å². The van der Waals surface area contributed by atoms with Gasteiger partial charge in [0.15, 0.2) is 0 Å². The van der Waals surface area contributed by atoms with Crippen LogP contribution in [0.3, 0.4) is 0 Å². The highest BCUT2D eigenvalue weighted by Gasteiger charge is 2.17. The zero-order valence-electron chi connectivity index (χ0n) is 13.1. The lowest BCUT2D eigenvalue weighted by Crippen LogP contribution is -2.14. The van der Waals surface area contributed by atoms with Crippen LogP contribution in [0.4, 0.5) is 5.82 Å². The summed E-state index contributed by atoms with van der Waals surface area (Å²) in [5.74, 6) is 0.872. The van der Waals surface area contributed by atoms with Crippen molar-refractivity contribution in [2.24, 2.45) is 0 Å². The summed E-state index contributed by atoms with van der Waals surface area (Å²) in [6.45, 7) is 0. The van der Waals surface area contributed by atoms with Crippen molar-refractivity contribution < 1.29 is 4.79 Å². The minimum atomic E-state index is -0.207. The van der Waals surface area contributed by atoms with Gasteiger partial charge in [0.25, 0.3) is 5.91 Å². The van der Waals surface area contributed by atoms with Crippen molar-refractivity contribution in [3.05, 3.63) is 83.6 Å². The normalized spacial score (nSPS) is 10.8. The van der Waals surface area contributed by atoms with Crippen molar-refractivity contribution in [1.29, 1.82) is 0 Å². The predicted octanol–water partition coefficient (Wildman–Crippen LogP) is 4.30. The molecule has 1 amide bonds. The molecule has 0 fully saturated rings. The van der Waals surface area contributed by atoms with E-state index in [9.17, 15) is 4.79 Å². The number of hydrogen-bond acceptors (Lipinski definition) is 3. The molecule has 0 saturated heterocycles. The van der Waals surface area contributed by atoms with Gasteiger partial charge >= 0.3 is 0 Å². The van der Waals surface area contributed by atoms with E-state index in [2.05, 4.69) is 15.3 Å². The van der Waals surface area contributed by atoms with Gasteiger partial charge in [0.05, 0.1) is 0 Å². The average Bonchev–Trinajstić information content (AvgIpc) is 3.02. The van der Waals surface area contributed by atoms with Crippen molar-refractivity contribution in [3.63, 3.8) is 0 Å². The average molecular weight is 349 g/mol. The van der Waals surface area contributed by atoms with Crippen molar-refractivity contribution in [2.75, 3.05) is 5.32 Å². The first-order chi connectivity index (χ1) is 12.2. The Hall–Kier alpha value is -3.18. The maximum absolute atomic E-state index is 12.6. The second kappa shape index (κ2) is 6.37. The van der Waals surface area contributed by atoms with E-state index in [0.717, 1.165) is 5.56 Å². The number of anilines is 1. The lowest BCUT2D eigenvalue weighted by Gasteiger charge is -2.08. The third-order valence-electron chi connectivity index (χ3n) is 3.79. The Kier molecular flexibility index (Phi) is 3.91. The molecule has 0 unspecified atom stereocenters. The van der Waals surface area contributed by atoms with Gasteiger partial charge in [-0.15, -0.1) is 0 Å². The Morgan fingerprint density at radius 2 is 1.76 bits per heavy atom. The molecule has 0 atom stereocenters. The molecule has 122 valence electrons. The van der Waals surface area contributed by atoms with E-state index in [0.29, 0.717) is 27.9 Å². The Bertz CT molecular complexity index is 1040. The number of benzene rings is 2. The Morgan fingerprint density at radius 1 is 1.00 bits per heavy atom. The molecule has 0 radical (unpaired) electrons. The molecule has 6 heteroatoms. The molecule has 2 aromatic heterocycles. The van der Waals surface area contributed by atoms with Crippen LogP contribution in [-0.4, -0.2) is 20.3 Å². The molecule has 2 heterocycles. The fraction of sp³-hybridized carbons (Fsp3) is 0. The molecule has 5 nitrogen and oxygen atoms in total. The number of fused-ring (bicyclic) bond motifs is 1. The Balaban J connectivity index is 1.82. The van der Waals surface area contributed by atoms with Crippen LogP contribution in [0.1, 0.15) is 10.4 Å². The van der Waals surface area contributed by atoms with E-state index in [1.807, 2.05) is 36.5 Å². The van der Waals surface area contributed by atoms with Gasteiger partial charge in [0.2, 0.25) is 5.78 Å². The first kappa shape index (κ1) is 15.4. The molecule has 2 aromatic carbocycles. The van der Waals surface area contributed by atoms with Crippen molar-refractivity contribution in [2.45, 2.75) is 0 Å². The highest BCUT2D eigenvalue weighted by Crippen LogP contribution is 2.29. The van der Waals surface area contributed by atoms with Crippen LogP contribution in [0.15, 0.2) is 73.1 Å². The first-order valence-corrected chi connectivity index (χ1v) is 8.05. The highest BCUT2D eigenvalue weighted by molar-refractivity contribution is 6.30. The number of nitrogens with one attached hydrogen (secondary N) is 1. The number of carbonyl (C=O) groups is 1. The number of rotatable bonds is 3. The van der Waals surface area contributed by atoms with E-state index in [1.54, 1.807) is 40.9 Å². The third kappa shape index (κ3) is 2.97. The second-order valence-corrected chi connectivity index (χ2v) is 5.86. The third-order valence-corrected chi connectivity index (χ3v) is 4.04. The lowest BCUT2D eigenvalue weighted by molar-refractivity contribution is 0.102. The number of nitrogens with zero attached hydrogens (tertiary/aromatic N) is 3. The summed E-state index contributed by atoms with van der Waals surface area (Å²) in [5.41, 5.74) is 2.06. The largest absolute Gasteiger partial charge is 0.306 e. The standard InChI is InChI=1S/C19H13ClN4O/c20-15-9-7-13(8-10-15)16-17(24-12-4-11-21-19(24)22-16)23-18(25)14-5-2-1-3-6-14/h1-12H,(H,23,25). The maximum atomic E-state index is 12.6. The van der Waals surface area contributed by atoms with E-state index < -0.39 is 0 Å². The quantitative estimate of drug-likeness (QED) is 0.600.